The third kappa shape index (κ3) is 2.34. The molecular formula is C19H22N2O3. The number of likely N-dealkylation sites (tertiary alicyclic amines) is 1. The van der Waals surface area contributed by atoms with Crippen LogP contribution in [0.1, 0.15) is 44.1 Å². The lowest BCUT2D eigenvalue weighted by atomic mass is 9.84. The van der Waals surface area contributed by atoms with Crippen LogP contribution in [0.4, 0.5) is 5.69 Å². The van der Waals surface area contributed by atoms with Gasteiger partial charge in [-0.2, -0.15) is 0 Å². The SMILES string of the molecule is O=C1CC2(CCCC2)C(=O)N1CC(=O)N1CCCc2ccccc21. The van der Waals surface area contributed by atoms with Crippen LogP contribution in [-0.4, -0.2) is 35.7 Å². The van der Waals surface area contributed by atoms with Crippen LogP contribution in [0.2, 0.25) is 0 Å². The topological polar surface area (TPSA) is 57.7 Å². The number of carbonyl (C=O) groups is 3. The lowest BCUT2D eigenvalue weighted by Gasteiger charge is -2.31. The number of rotatable bonds is 2. The van der Waals surface area contributed by atoms with E-state index in [0.717, 1.165) is 49.8 Å². The zero-order valence-corrected chi connectivity index (χ0v) is 13.8. The number of imide groups is 1. The second-order valence-corrected chi connectivity index (χ2v) is 7.23. The van der Waals surface area contributed by atoms with Crippen molar-refractivity contribution in [3.63, 3.8) is 0 Å². The molecule has 126 valence electrons. The van der Waals surface area contributed by atoms with Crippen molar-refractivity contribution >= 4 is 23.4 Å². The smallest absolute Gasteiger partial charge is 0.247 e. The van der Waals surface area contributed by atoms with Gasteiger partial charge in [-0.25, -0.2) is 0 Å². The molecule has 5 heteroatoms. The van der Waals surface area contributed by atoms with E-state index < -0.39 is 5.41 Å². The van der Waals surface area contributed by atoms with E-state index in [2.05, 4.69) is 0 Å². The van der Waals surface area contributed by atoms with E-state index in [1.54, 1.807) is 4.90 Å². The highest BCUT2D eigenvalue weighted by Crippen LogP contribution is 2.46. The molecule has 0 unspecified atom stereocenters. The van der Waals surface area contributed by atoms with Crippen LogP contribution in [0.5, 0.6) is 0 Å². The first-order valence-corrected chi connectivity index (χ1v) is 8.84. The summed E-state index contributed by atoms with van der Waals surface area (Å²) in [6.45, 7) is 0.533. The van der Waals surface area contributed by atoms with Gasteiger partial charge in [0.2, 0.25) is 17.7 Å². The van der Waals surface area contributed by atoms with Crippen molar-refractivity contribution in [1.29, 1.82) is 0 Å². The number of para-hydroxylation sites is 1. The number of fused-ring (bicyclic) bond motifs is 1. The second-order valence-electron chi connectivity index (χ2n) is 7.23. The summed E-state index contributed by atoms with van der Waals surface area (Å²) in [5, 5.41) is 0. The molecule has 5 nitrogen and oxygen atoms in total. The number of amides is 3. The van der Waals surface area contributed by atoms with Gasteiger partial charge in [-0.3, -0.25) is 19.3 Å². The summed E-state index contributed by atoms with van der Waals surface area (Å²) in [6, 6.07) is 7.88. The predicted octanol–water partition coefficient (Wildman–Crippen LogP) is 2.29. The first-order chi connectivity index (χ1) is 11.6. The maximum Gasteiger partial charge on any atom is 0.247 e. The molecule has 0 radical (unpaired) electrons. The highest BCUT2D eigenvalue weighted by atomic mass is 16.2. The van der Waals surface area contributed by atoms with Gasteiger partial charge in [-0.1, -0.05) is 31.0 Å². The Morgan fingerprint density at radius 2 is 1.83 bits per heavy atom. The number of carbonyl (C=O) groups excluding carboxylic acids is 3. The minimum absolute atomic E-state index is 0.117. The van der Waals surface area contributed by atoms with Crippen LogP contribution in [-0.2, 0) is 20.8 Å². The van der Waals surface area contributed by atoms with Crippen LogP contribution in [0.25, 0.3) is 0 Å². The van der Waals surface area contributed by atoms with E-state index in [4.69, 9.17) is 0 Å². The fourth-order valence-electron chi connectivity index (χ4n) is 4.48. The number of anilines is 1. The molecular weight excluding hydrogens is 304 g/mol. The van der Waals surface area contributed by atoms with Gasteiger partial charge < -0.3 is 4.90 Å². The molecule has 0 N–H and O–H groups in total. The first-order valence-electron chi connectivity index (χ1n) is 8.84. The third-order valence-electron chi connectivity index (χ3n) is 5.75. The molecule has 1 saturated carbocycles. The van der Waals surface area contributed by atoms with Crippen LogP contribution in [0.15, 0.2) is 24.3 Å². The van der Waals surface area contributed by atoms with Crippen molar-refractivity contribution in [2.75, 3.05) is 18.0 Å². The molecule has 1 aromatic carbocycles. The molecule has 2 fully saturated rings. The van der Waals surface area contributed by atoms with Crippen molar-refractivity contribution in [1.82, 2.24) is 4.90 Å². The fraction of sp³-hybridized carbons (Fsp3) is 0.526. The number of benzene rings is 1. The van der Waals surface area contributed by atoms with E-state index in [-0.39, 0.29) is 30.7 Å². The highest BCUT2D eigenvalue weighted by Gasteiger charge is 2.53. The molecule has 3 aliphatic rings. The summed E-state index contributed by atoms with van der Waals surface area (Å²) in [4.78, 5) is 40.8. The molecule has 0 aromatic heterocycles. The molecule has 1 aromatic rings. The van der Waals surface area contributed by atoms with E-state index in [1.165, 1.54) is 4.90 Å². The molecule has 0 bridgehead atoms. The Morgan fingerprint density at radius 3 is 2.62 bits per heavy atom. The Bertz CT molecular complexity index is 706. The third-order valence-corrected chi connectivity index (χ3v) is 5.75. The van der Waals surface area contributed by atoms with Crippen LogP contribution < -0.4 is 4.90 Å². The quantitative estimate of drug-likeness (QED) is 0.784. The highest BCUT2D eigenvalue weighted by molar-refractivity contribution is 6.09. The van der Waals surface area contributed by atoms with E-state index in [9.17, 15) is 14.4 Å². The van der Waals surface area contributed by atoms with Gasteiger partial charge in [0.1, 0.15) is 6.54 Å². The second kappa shape index (κ2) is 5.72. The maximum atomic E-state index is 12.8. The molecule has 4 rings (SSSR count). The largest absolute Gasteiger partial charge is 0.311 e. The number of hydrogen-bond acceptors (Lipinski definition) is 3. The summed E-state index contributed by atoms with van der Waals surface area (Å²) in [5.41, 5.74) is 1.57. The molecule has 1 saturated heterocycles. The summed E-state index contributed by atoms with van der Waals surface area (Å²) in [7, 11) is 0. The normalized spacial score (nSPS) is 22.3. The van der Waals surface area contributed by atoms with Crippen molar-refractivity contribution in [3.8, 4) is 0 Å². The van der Waals surface area contributed by atoms with Crippen molar-refractivity contribution in [2.45, 2.75) is 44.9 Å². The van der Waals surface area contributed by atoms with Crippen LogP contribution >= 0.6 is 0 Å². The fourth-order valence-corrected chi connectivity index (χ4v) is 4.48. The minimum atomic E-state index is -0.503. The van der Waals surface area contributed by atoms with Crippen molar-refractivity contribution < 1.29 is 14.4 Å². The van der Waals surface area contributed by atoms with Gasteiger partial charge in [-0.15, -0.1) is 0 Å². The lowest BCUT2D eigenvalue weighted by molar-refractivity contribution is -0.144. The predicted molar refractivity (Wildman–Crippen MR) is 89.4 cm³/mol. The Labute approximate surface area is 141 Å². The average molecular weight is 326 g/mol. The molecule has 0 atom stereocenters. The van der Waals surface area contributed by atoms with Gasteiger partial charge in [-0.05, 0) is 37.3 Å². The first kappa shape index (κ1) is 15.4. The lowest BCUT2D eigenvalue weighted by Crippen LogP contribution is -2.45. The molecule has 2 aliphatic heterocycles. The molecule has 24 heavy (non-hydrogen) atoms. The standard InChI is InChI=1S/C19H22N2O3/c22-16-12-19(9-3-4-10-19)18(24)21(16)13-17(23)20-11-5-7-14-6-1-2-8-15(14)20/h1-2,6,8H,3-5,7,9-13H2. The van der Waals surface area contributed by atoms with Gasteiger partial charge >= 0.3 is 0 Å². The Hall–Kier alpha value is -2.17. The van der Waals surface area contributed by atoms with Crippen LogP contribution in [0.3, 0.4) is 0 Å². The van der Waals surface area contributed by atoms with Crippen LogP contribution in [0, 0.1) is 5.41 Å². The Kier molecular flexibility index (Phi) is 3.66. The monoisotopic (exact) mass is 326 g/mol. The summed E-state index contributed by atoms with van der Waals surface area (Å²) in [5.74, 6) is -0.455. The Balaban J connectivity index is 1.53. The van der Waals surface area contributed by atoms with Gasteiger partial charge in [0.05, 0.1) is 5.41 Å². The summed E-state index contributed by atoms with van der Waals surface area (Å²) < 4.78 is 0. The molecule has 1 aliphatic carbocycles. The van der Waals surface area contributed by atoms with Gasteiger partial charge in [0.15, 0.2) is 0 Å². The molecule has 2 heterocycles. The van der Waals surface area contributed by atoms with Gasteiger partial charge in [0, 0.05) is 18.7 Å². The summed E-state index contributed by atoms with van der Waals surface area (Å²) in [6.07, 6.45) is 5.74. The van der Waals surface area contributed by atoms with E-state index in [0.29, 0.717) is 6.54 Å². The number of aryl methyl sites for hydroxylation is 1. The average Bonchev–Trinajstić information content (AvgIpc) is 3.15. The minimum Gasteiger partial charge on any atom is -0.311 e. The van der Waals surface area contributed by atoms with Gasteiger partial charge in [0.25, 0.3) is 0 Å². The maximum absolute atomic E-state index is 12.8. The van der Waals surface area contributed by atoms with Crippen molar-refractivity contribution in [2.24, 2.45) is 5.41 Å². The molecule has 3 amide bonds. The zero-order chi connectivity index (χ0) is 16.7. The van der Waals surface area contributed by atoms with E-state index in [1.807, 2.05) is 24.3 Å². The number of hydrogen-bond donors (Lipinski definition) is 0. The zero-order valence-electron chi connectivity index (χ0n) is 13.8. The Morgan fingerprint density at radius 1 is 1.08 bits per heavy atom. The van der Waals surface area contributed by atoms with E-state index >= 15 is 0 Å². The van der Waals surface area contributed by atoms with Crippen molar-refractivity contribution in [3.05, 3.63) is 29.8 Å². The summed E-state index contributed by atoms with van der Waals surface area (Å²) >= 11 is 0. The molecule has 1 spiro atoms. The number of nitrogens with zero attached hydrogens (tertiary/aromatic N) is 2.